The van der Waals surface area contributed by atoms with Crippen molar-refractivity contribution < 1.29 is 9.59 Å². The molecule has 2 aromatic rings. The van der Waals surface area contributed by atoms with E-state index in [-0.39, 0.29) is 24.5 Å². The third-order valence-corrected chi connectivity index (χ3v) is 3.74. The first-order valence-corrected chi connectivity index (χ1v) is 8.38. The second-order valence-corrected chi connectivity index (χ2v) is 6.32. The van der Waals surface area contributed by atoms with E-state index in [0.29, 0.717) is 0 Å². The van der Waals surface area contributed by atoms with Crippen LogP contribution in [0.1, 0.15) is 31.0 Å². The summed E-state index contributed by atoms with van der Waals surface area (Å²) in [5, 5.41) is 5.02. The molecule has 0 atom stereocenters. The maximum absolute atomic E-state index is 12.2. The van der Waals surface area contributed by atoms with Gasteiger partial charge in [0.25, 0.3) is 0 Å². The molecule has 3 amide bonds. The Kier molecular flexibility index (Phi) is 6.71. The van der Waals surface area contributed by atoms with Gasteiger partial charge in [-0.3, -0.25) is 15.0 Å². The van der Waals surface area contributed by atoms with Crippen molar-refractivity contribution in [3.8, 4) is 0 Å². The van der Waals surface area contributed by atoms with Crippen molar-refractivity contribution in [3.63, 3.8) is 0 Å². The summed E-state index contributed by atoms with van der Waals surface area (Å²) in [6, 6.07) is 19.5. The van der Waals surface area contributed by atoms with Crippen molar-refractivity contribution >= 4 is 11.9 Å². The molecule has 25 heavy (non-hydrogen) atoms. The van der Waals surface area contributed by atoms with Crippen LogP contribution < -0.4 is 10.6 Å². The Hall–Kier alpha value is -2.66. The summed E-state index contributed by atoms with van der Waals surface area (Å²) in [4.78, 5) is 25.8. The number of hydrogen-bond acceptors (Lipinski definition) is 3. The van der Waals surface area contributed by atoms with Gasteiger partial charge in [-0.25, -0.2) is 4.79 Å². The van der Waals surface area contributed by atoms with Gasteiger partial charge in [0.05, 0.1) is 12.6 Å². The highest BCUT2D eigenvalue weighted by Crippen LogP contribution is 2.27. The van der Waals surface area contributed by atoms with Crippen molar-refractivity contribution in [2.45, 2.75) is 25.9 Å². The molecule has 5 heteroatoms. The lowest BCUT2D eigenvalue weighted by Gasteiger charge is -2.28. The lowest BCUT2D eigenvalue weighted by atomic mass is 9.97. The standard InChI is InChI=1S/C20H25N3O2/c1-15(2)21-20(25)22-18(24)14-23(3)19(16-10-6-4-7-11-16)17-12-8-5-9-13-17/h4-13,15,19H,14H2,1-3H3,(H2,21,22,24,25). The quantitative estimate of drug-likeness (QED) is 0.851. The molecule has 0 unspecified atom stereocenters. The zero-order valence-corrected chi connectivity index (χ0v) is 14.9. The predicted molar refractivity (Wildman–Crippen MR) is 99.2 cm³/mol. The number of amides is 3. The van der Waals surface area contributed by atoms with Gasteiger partial charge in [0, 0.05) is 6.04 Å². The van der Waals surface area contributed by atoms with Crippen LogP contribution in [0.25, 0.3) is 0 Å². The zero-order valence-electron chi connectivity index (χ0n) is 14.9. The molecule has 0 spiro atoms. The number of nitrogens with one attached hydrogen (secondary N) is 2. The second-order valence-electron chi connectivity index (χ2n) is 6.32. The molecule has 2 aromatic carbocycles. The third kappa shape index (κ3) is 5.72. The molecule has 0 fully saturated rings. The fourth-order valence-corrected chi connectivity index (χ4v) is 2.75. The SMILES string of the molecule is CC(C)NC(=O)NC(=O)CN(C)C(c1ccccc1)c1ccccc1. The van der Waals surface area contributed by atoms with Gasteiger partial charge < -0.3 is 5.32 Å². The molecule has 2 N–H and O–H groups in total. The summed E-state index contributed by atoms with van der Waals surface area (Å²) >= 11 is 0. The molecule has 2 rings (SSSR count). The largest absolute Gasteiger partial charge is 0.336 e. The number of imide groups is 1. The molecule has 0 saturated heterocycles. The maximum Gasteiger partial charge on any atom is 0.321 e. The number of hydrogen-bond donors (Lipinski definition) is 2. The molecule has 0 aliphatic rings. The van der Waals surface area contributed by atoms with Gasteiger partial charge in [-0.05, 0) is 32.0 Å². The molecule has 0 aliphatic heterocycles. The van der Waals surface area contributed by atoms with Crippen LogP contribution in [-0.4, -0.2) is 36.5 Å². The summed E-state index contributed by atoms with van der Waals surface area (Å²) in [5.74, 6) is -0.336. The first-order chi connectivity index (χ1) is 12.0. The number of benzene rings is 2. The van der Waals surface area contributed by atoms with E-state index in [1.165, 1.54) is 0 Å². The Morgan fingerprint density at radius 2 is 1.40 bits per heavy atom. The average Bonchev–Trinajstić information content (AvgIpc) is 2.56. The Balaban J connectivity index is 2.12. The second kappa shape index (κ2) is 8.99. The summed E-state index contributed by atoms with van der Waals surface area (Å²) in [5.41, 5.74) is 2.19. The highest BCUT2D eigenvalue weighted by molar-refractivity contribution is 5.95. The summed E-state index contributed by atoms with van der Waals surface area (Å²) in [6.07, 6.45) is 0. The lowest BCUT2D eigenvalue weighted by molar-refractivity contribution is -0.121. The van der Waals surface area contributed by atoms with E-state index in [0.717, 1.165) is 11.1 Å². The Labute approximate surface area is 149 Å². The van der Waals surface area contributed by atoms with Crippen molar-refractivity contribution in [1.82, 2.24) is 15.5 Å². The first kappa shape index (κ1) is 18.7. The van der Waals surface area contributed by atoms with Crippen LogP contribution in [0.4, 0.5) is 4.79 Å². The van der Waals surface area contributed by atoms with Gasteiger partial charge in [-0.2, -0.15) is 0 Å². The fourth-order valence-electron chi connectivity index (χ4n) is 2.75. The molecular weight excluding hydrogens is 314 g/mol. The number of carbonyl (C=O) groups is 2. The Morgan fingerprint density at radius 3 is 1.84 bits per heavy atom. The van der Waals surface area contributed by atoms with Gasteiger partial charge >= 0.3 is 6.03 Å². The topological polar surface area (TPSA) is 61.4 Å². The van der Waals surface area contributed by atoms with Gasteiger partial charge in [-0.15, -0.1) is 0 Å². The fraction of sp³-hybridized carbons (Fsp3) is 0.300. The molecular formula is C20H25N3O2. The van der Waals surface area contributed by atoms with Crippen LogP contribution in [-0.2, 0) is 4.79 Å². The zero-order chi connectivity index (χ0) is 18.2. The normalized spacial score (nSPS) is 11.0. The van der Waals surface area contributed by atoms with E-state index < -0.39 is 6.03 Å². The van der Waals surface area contributed by atoms with Crippen LogP contribution in [0.5, 0.6) is 0 Å². The molecule has 132 valence electrons. The minimum atomic E-state index is -0.468. The van der Waals surface area contributed by atoms with Crippen LogP contribution in [0.15, 0.2) is 60.7 Å². The number of rotatable bonds is 6. The van der Waals surface area contributed by atoms with Gasteiger partial charge in [0.2, 0.25) is 5.91 Å². The van der Waals surface area contributed by atoms with E-state index in [2.05, 4.69) is 10.6 Å². The van der Waals surface area contributed by atoms with Gasteiger partial charge in [0.1, 0.15) is 0 Å². The highest BCUT2D eigenvalue weighted by Gasteiger charge is 2.21. The molecule has 0 radical (unpaired) electrons. The Morgan fingerprint density at radius 1 is 0.920 bits per heavy atom. The number of likely N-dealkylation sites (N-methyl/N-ethyl adjacent to an activating group) is 1. The van der Waals surface area contributed by atoms with Crippen LogP contribution >= 0.6 is 0 Å². The van der Waals surface area contributed by atoms with Crippen molar-refractivity contribution in [1.29, 1.82) is 0 Å². The summed E-state index contributed by atoms with van der Waals surface area (Å²) in [7, 11) is 1.88. The molecule has 0 bridgehead atoms. The van der Waals surface area contributed by atoms with Crippen molar-refractivity contribution in [3.05, 3.63) is 71.8 Å². The van der Waals surface area contributed by atoms with Gasteiger partial charge in [-0.1, -0.05) is 60.7 Å². The van der Waals surface area contributed by atoms with E-state index in [4.69, 9.17) is 0 Å². The van der Waals surface area contributed by atoms with Crippen molar-refractivity contribution in [2.24, 2.45) is 0 Å². The third-order valence-electron chi connectivity index (χ3n) is 3.74. The molecule has 5 nitrogen and oxygen atoms in total. The van der Waals surface area contributed by atoms with E-state index in [1.54, 1.807) is 0 Å². The molecule has 0 aromatic heterocycles. The average molecular weight is 339 g/mol. The maximum atomic E-state index is 12.2. The van der Waals surface area contributed by atoms with Crippen molar-refractivity contribution in [2.75, 3.05) is 13.6 Å². The highest BCUT2D eigenvalue weighted by atomic mass is 16.2. The number of nitrogens with zero attached hydrogens (tertiary/aromatic N) is 1. The molecule has 0 aliphatic carbocycles. The number of urea groups is 1. The van der Waals surface area contributed by atoms with Crippen LogP contribution in [0.3, 0.4) is 0 Å². The van der Waals surface area contributed by atoms with E-state index in [9.17, 15) is 9.59 Å². The lowest BCUT2D eigenvalue weighted by Crippen LogP contribution is -2.46. The predicted octanol–water partition coefficient (Wildman–Crippen LogP) is 2.94. The molecule has 0 saturated carbocycles. The minimum absolute atomic E-state index is 0.0214. The van der Waals surface area contributed by atoms with Crippen LogP contribution in [0.2, 0.25) is 0 Å². The van der Waals surface area contributed by atoms with E-state index >= 15 is 0 Å². The van der Waals surface area contributed by atoms with E-state index in [1.807, 2.05) is 86.5 Å². The van der Waals surface area contributed by atoms with Crippen LogP contribution in [0, 0.1) is 0 Å². The minimum Gasteiger partial charge on any atom is -0.336 e. The number of carbonyl (C=O) groups excluding carboxylic acids is 2. The Bertz CT molecular complexity index is 647. The summed E-state index contributed by atoms with van der Waals surface area (Å²) in [6.45, 7) is 3.80. The summed E-state index contributed by atoms with van der Waals surface area (Å²) < 4.78 is 0. The smallest absolute Gasteiger partial charge is 0.321 e. The first-order valence-electron chi connectivity index (χ1n) is 8.38. The van der Waals surface area contributed by atoms with Gasteiger partial charge in [0.15, 0.2) is 0 Å². The molecule has 0 heterocycles. The monoisotopic (exact) mass is 339 g/mol.